The Balaban J connectivity index is 1.50. The van der Waals surface area contributed by atoms with Gasteiger partial charge in [-0.15, -0.1) is 0 Å². The number of carbonyl (C=O) groups excluding carboxylic acids is 1. The van der Waals surface area contributed by atoms with E-state index < -0.39 is 0 Å². The third kappa shape index (κ3) is 4.59. The number of rotatable bonds is 5. The minimum atomic E-state index is 0.0954. The van der Waals surface area contributed by atoms with Gasteiger partial charge in [-0.05, 0) is 48.9 Å². The largest absolute Gasteiger partial charge is 0.484 e. The minimum Gasteiger partial charge on any atom is -0.484 e. The molecule has 3 rings (SSSR count). The molecule has 0 spiro atoms. The van der Waals surface area contributed by atoms with E-state index in [2.05, 4.69) is 36.4 Å². The van der Waals surface area contributed by atoms with Gasteiger partial charge in [0, 0.05) is 13.1 Å². The lowest BCUT2D eigenvalue weighted by molar-refractivity contribution is -0.134. The van der Waals surface area contributed by atoms with Gasteiger partial charge in [0.15, 0.2) is 6.61 Å². The molecule has 0 unspecified atom stereocenters. The van der Waals surface area contributed by atoms with E-state index in [1.54, 1.807) is 0 Å². The molecule has 0 radical (unpaired) electrons. The summed E-state index contributed by atoms with van der Waals surface area (Å²) in [5.41, 5.74) is 2.53. The average Bonchev–Trinajstić information content (AvgIpc) is 2.62. The van der Waals surface area contributed by atoms with Gasteiger partial charge in [0.2, 0.25) is 0 Å². The fourth-order valence-corrected chi connectivity index (χ4v) is 2.91. The van der Waals surface area contributed by atoms with Crippen molar-refractivity contribution in [2.75, 3.05) is 19.7 Å². The lowest BCUT2D eigenvalue weighted by Gasteiger charge is -2.26. The van der Waals surface area contributed by atoms with Crippen molar-refractivity contribution in [2.24, 2.45) is 0 Å². The summed E-state index contributed by atoms with van der Waals surface area (Å²) in [6.07, 6.45) is 4.36. The summed E-state index contributed by atoms with van der Waals surface area (Å²) in [6.45, 7) is 1.88. The Morgan fingerprint density at radius 1 is 0.870 bits per heavy atom. The molecule has 0 bridgehead atoms. The lowest BCUT2D eigenvalue weighted by Crippen LogP contribution is -2.38. The average molecular weight is 309 g/mol. The number of hydrogen-bond acceptors (Lipinski definition) is 2. The van der Waals surface area contributed by atoms with Gasteiger partial charge in [0.25, 0.3) is 5.91 Å². The van der Waals surface area contributed by atoms with Crippen molar-refractivity contribution >= 4 is 5.91 Å². The van der Waals surface area contributed by atoms with Gasteiger partial charge in [-0.25, -0.2) is 0 Å². The Morgan fingerprint density at radius 2 is 1.52 bits per heavy atom. The summed E-state index contributed by atoms with van der Waals surface area (Å²) in [7, 11) is 0. The minimum absolute atomic E-state index is 0.0954. The zero-order valence-electron chi connectivity index (χ0n) is 13.4. The number of benzene rings is 2. The first-order valence-corrected chi connectivity index (χ1v) is 8.35. The van der Waals surface area contributed by atoms with Crippen molar-refractivity contribution in [3.05, 3.63) is 65.7 Å². The molecule has 23 heavy (non-hydrogen) atoms. The number of amides is 1. The summed E-state index contributed by atoms with van der Waals surface area (Å²) in [4.78, 5) is 14.0. The molecule has 0 aromatic heterocycles. The fraction of sp³-hybridized carbons (Fsp3) is 0.350. The van der Waals surface area contributed by atoms with E-state index in [-0.39, 0.29) is 12.5 Å². The first kappa shape index (κ1) is 15.6. The van der Waals surface area contributed by atoms with E-state index in [1.807, 2.05) is 23.1 Å². The molecule has 0 N–H and O–H groups in total. The number of likely N-dealkylation sites (tertiary alicyclic amines) is 1. The van der Waals surface area contributed by atoms with Crippen molar-refractivity contribution in [1.82, 2.24) is 4.90 Å². The molecular formula is C20H23NO2. The first-order chi connectivity index (χ1) is 11.3. The van der Waals surface area contributed by atoms with Crippen LogP contribution in [0.4, 0.5) is 0 Å². The summed E-state index contributed by atoms with van der Waals surface area (Å²) in [6, 6.07) is 18.4. The topological polar surface area (TPSA) is 29.5 Å². The molecule has 0 saturated carbocycles. The van der Waals surface area contributed by atoms with Crippen LogP contribution in [0.15, 0.2) is 54.6 Å². The van der Waals surface area contributed by atoms with Crippen LogP contribution >= 0.6 is 0 Å². The van der Waals surface area contributed by atoms with Gasteiger partial charge in [-0.3, -0.25) is 4.79 Å². The van der Waals surface area contributed by atoms with Gasteiger partial charge in [0.05, 0.1) is 0 Å². The van der Waals surface area contributed by atoms with E-state index >= 15 is 0 Å². The third-order valence-corrected chi connectivity index (χ3v) is 4.25. The molecule has 120 valence electrons. The molecule has 0 aliphatic carbocycles. The van der Waals surface area contributed by atoms with Crippen LogP contribution in [0.5, 0.6) is 5.75 Å². The highest BCUT2D eigenvalue weighted by molar-refractivity contribution is 5.77. The Bertz CT molecular complexity index is 616. The summed E-state index contributed by atoms with van der Waals surface area (Å²) >= 11 is 0. The van der Waals surface area contributed by atoms with Crippen LogP contribution in [0.3, 0.4) is 0 Å². The Hall–Kier alpha value is -2.29. The smallest absolute Gasteiger partial charge is 0.260 e. The monoisotopic (exact) mass is 309 g/mol. The number of ether oxygens (including phenoxy) is 1. The van der Waals surface area contributed by atoms with E-state index in [9.17, 15) is 4.79 Å². The molecule has 1 aliphatic heterocycles. The third-order valence-electron chi connectivity index (χ3n) is 4.25. The predicted octanol–water partition coefficient (Wildman–Crippen LogP) is 3.67. The number of nitrogens with zero attached hydrogens (tertiary/aromatic N) is 1. The van der Waals surface area contributed by atoms with Gasteiger partial charge < -0.3 is 9.64 Å². The van der Waals surface area contributed by atoms with Crippen LogP contribution in [0.2, 0.25) is 0 Å². The van der Waals surface area contributed by atoms with Crippen LogP contribution in [0, 0.1) is 0 Å². The standard InChI is InChI=1S/C20H23NO2/c22-20(21-13-5-2-6-14-21)16-23-19-11-9-18(10-12-19)15-17-7-3-1-4-8-17/h1,3-4,7-12H,2,5-6,13-16H2. The van der Waals surface area contributed by atoms with Gasteiger partial charge in [-0.2, -0.15) is 0 Å². The normalized spacial score (nSPS) is 14.5. The lowest BCUT2D eigenvalue weighted by atomic mass is 10.1. The highest BCUT2D eigenvalue weighted by Crippen LogP contribution is 2.16. The second kappa shape index (κ2) is 7.82. The van der Waals surface area contributed by atoms with Crippen molar-refractivity contribution < 1.29 is 9.53 Å². The second-order valence-corrected chi connectivity index (χ2v) is 6.04. The quantitative estimate of drug-likeness (QED) is 0.843. The maximum absolute atomic E-state index is 12.1. The molecule has 2 aromatic carbocycles. The van der Waals surface area contributed by atoms with Crippen LogP contribution in [0.25, 0.3) is 0 Å². The Kier molecular flexibility index (Phi) is 5.30. The highest BCUT2D eigenvalue weighted by Gasteiger charge is 2.16. The van der Waals surface area contributed by atoms with Gasteiger partial charge >= 0.3 is 0 Å². The van der Waals surface area contributed by atoms with Crippen molar-refractivity contribution in [3.63, 3.8) is 0 Å². The van der Waals surface area contributed by atoms with E-state index in [0.29, 0.717) is 0 Å². The predicted molar refractivity (Wildman–Crippen MR) is 91.6 cm³/mol. The van der Waals surface area contributed by atoms with Gasteiger partial charge in [0.1, 0.15) is 5.75 Å². The van der Waals surface area contributed by atoms with Crippen molar-refractivity contribution in [2.45, 2.75) is 25.7 Å². The van der Waals surface area contributed by atoms with Gasteiger partial charge in [-0.1, -0.05) is 42.5 Å². The molecular weight excluding hydrogens is 286 g/mol. The zero-order chi connectivity index (χ0) is 15.9. The summed E-state index contributed by atoms with van der Waals surface area (Å²) in [5, 5.41) is 0. The maximum atomic E-state index is 12.1. The number of carbonyl (C=O) groups is 1. The summed E-state index contributed by atoms with van der Waals surface area (Å²) < 4.78 is 5.64. The molecule has 1 heterocycles. The molecule has 1 saturated heterocycles. The Morgan fingerprint density at radius 3 is 2.22 bits per heavy atom. The maximum Gasteiger partial charge on any atom is 0.260 e. The first-order valence-electron chi connectivity index (χ1n) is 8.35. The second-order valence-electron chi connectivity index (χ2n) is 6.04. The van der Waals surface area contributed by atoms with Crippen LogP contribution < -0.4 is 4.74 Å². The molecule has 2 aromatic rings. The van der Waals surface area contributed by atoms with Crippen LogP contribution in [-0.2, 0) is 11.2 Å². The highest BCUT2D eigenvalue weighted by atomic mass is 16.5. The Labute approximate surface area is 137 Å². The van der Waals surface area contributed by atoms with E-state index in [1.165, 1.54) is 17.5 Å². The molecule has 3 nitrogen and oxygen atoms in total. The molecule has 1 aliphatic rings. The molecule has 1 amide bonds. The number of hydrogen-bond donors (Lipinski definition) is 0. The van der Waals surface area contributed by atoms with Crippen molar-refractivity contribution in [3.8, 4) is 5.75 Å². The van der Waals surface area contributed by atoms with Crippen LogP contribution in [0.1, 0.15) is 30.4 Å². The zero-order valence-corrected chi connectivity index (χ0v) is 13.4. The van der Waals surface area contributed by atoms with Crippen LogP contribution in [-0.4, -0.2) is 30.5 Å². The molecule has 3 heteroatoms. The molecule has 1 fully saturated rings. The fourth-order valence-electron chi connectivity index (χ4n) is 2.91. The van der Waals surface area contributed by atoms with Crippen molar-refractivity contribution in [1.29, 1.82) is 0 Å². The SMILES string of the molecule is O=C(COc1ccc(Cc2ccccc2)cc1)N1CCCCC1. The number of piperidine rings is 1. The van der Waals surface area contributed by atoms with E-state index in [0.717, 1.165) is 38.1 Å². The van der Waals surface area contributed by atoms with E-state index in [4.69, 9.17) is 4.74 Å². The molecule has 0 atom stereocenters. The summed E-state index contributed by atoms with van der Waals surface area (Å²) in [5.74, 6) is 0.852.